The van der Waals surface area contributed by atoms with Crippen LogP contribution in [-0.4, -0.2) is 28.5 Å². The van der Waals surface area contributed by atoms with Gasteiger partial charge in [-0.05, 0) is 32.3 Å². The summed E-state index contributed by atoms with van der Waals surface area (Å²) in [5.41, 5.74) is 0.997. The Bertz CT molecular complexity index is 721. The largest absolute Gasteiger partial charge is 0.271 e. The molecule has 0 N–H and O–H groups in total. The third-order valence-electron chi connectivity index (χ3n) is 2.81. The number of hydrogen-bond acceptors (Lipinski definition) is 5. The van der Waals surface area contributed by atoms with E-state index >= 15 is 0 Å². The van der Waals surface area contributed by atoms with Gasteiger partial charge in [0.1, 0.15) is 4.64 Å². The van der Waals surface area contributed by atoms with Crippen LogP contribution in [0.15, 0.2) is 32.9 Å². The lowest BCUT2D eigenvalue weighted by Gasteiger charge is -2.20. The second kappa shape index (κ2) is 4.18. The van der Waals surface area contributed by atoms with Crippen LogP contribution in [0.2, 0.25) is 0 Å². The van der Waals surface area contributed by atoms with Crippen molar-refractivity contribution in [3.05, 3.63) is 27.3 Å². The van der Waals surface area contributed by atoms with E-state index in [9.17, 15) is 0 Å². The molecule has 0 fully saturated rings. The molecule has 1 unspecified atom stereocenters. The molecule has 0 radical (unpaired) electrons. The van der Waals surface area contributed by atoms with Gasteiger partial charge in [0.15, 0.2) is 0 Å². The SMILES string of the molecule is CN(C)C1N=Nc2nc(=S)c3cc(Br)ccc3n21. The maximum absolute atomic E-state index is 5.30. The molecule has 0 amide bonds. The number of halogens is 1. The van der Waals surface area contributed by atoms with Crippen molar-refractivity contribution in [2.24, 2.45) is 10.2 Å². The van der Waals surface area contributed by atoms with Crippen LogP contribution in [0.5, 0.6) is 0 Å². The first-order valence-electron chi connectivity index (χ1n) is 5.37. The van der Waals surface area contributed by atoms with Crippen LogP contribution in [0.4, 0.5) is 5.95 Å². The molecular formula is C11H10BrN5S. The summed E-state index contributed by atoms with van der Waals surface area (Å²) in [6, 6.07) is 5.96. The van der Waals surface area contributed by atoms with E-state index in [1.54, 1.807) is 0 Å². The number of benzene rings is 1. The van der Waals surface area contributed by atoms with E-state index in [1.165, 1.54) is 0 Å². The average Bonchev–Trinajstić information content (AvgIpc) is 2.73. The highest BCUT2D eigenvalue weighted by Gasteiger charge is 2.24. The van der Waals surface area contributed by atoms with E-state index in [2.05, 4.69) is 31.1 Å². The maximum Gasteiger partial charge on any atom is 0.253 e. The molecule has 92 valence electrons. The average molecular weight is 324 g/mol. The molecule has 2 aromatic rings. The predicted molar refractivity (Wildman–Crippen MR) is 75.5 cm³/mol. The Hall–Kier alpha value is -1.18. The first kappa shape index (κ1) is 11.9. The van der Waals surface area contributed by atoms with Crippen molar-refractivity contribution >= 4 is 45.0 Å². The Labute approximate surface area is 117 Å². The number of rotatable bonds is 1. The van der Waals surface area contributed by atoms with Crippen LogP contribution in [0.3, 0.4) is 0 Å². The van der Waals surface area contributed by atoms with Crippen molar-refractivity contribution in [2.75, 3.05) is 14.1 Å². The van der Waals surface area contributed by atoms with E-state index in [0.717, 1.165) is 15.4 Å². The Balaban J connectivity index is 2.39. The fraction of sp³-hybridized carbons (Fsp3) is 0.273. The van der Waals surface area contributed by atoms with Crippen molar-refractivity contribution in [3.63, 3.8) is 0 Å². The minimum Gasteiger partial charge on any atom is -0.271 e. The second-order valence-corrected chi connectivity index (χ2v) is 5.58. The van der Waals surface area contributed by atoms with Gasteiger partial charge in [-0.15, -0.1) is 10.2 Å². The third kappa shape index (κ3) is 1.70. The highest BCUT2D eigenvalue weighted by atomic mass is 79.9. The van der Waals surface area contributed by atoms with Gasteiger partial charge in [0.05, 0.1) is 5.52 Å². The molecule has 0 saturated carbocycles. The summed E-state index contributed by atoms with van der Waals surface area (Å²) in [6.07, 6.45) is -0.160. The number of nitrogens with zero attached hydrogens (tertiary/aromatic N) is 5. The van der Waals surface area contributed by atoms with E-state index in [-0.39, 0.29) is 6.29 Å². The van der Waals surface area contributed by atoms with Gasteiger partial charge < -0.3 is 0 Å². The summed E-state index contributed by atoms with van der Waals surface area (Å²) in [5, 5.41) is 9.23. The van der Waals surface area contributed by atoms with Gasteiger partial charge in [0.25, 0.3) is 5.95 Å². The quantitative estimate of drug-likeness (QED) is 0.752. The molecule has 1 aliphatic heterocycles. The van der Waals surface area contributed by atoms with Gasteiger partial charge in [-0.3, -0.25) is 9.47 Å². The second-order valence-electron chi connectivity index (χ2n) is 4.27. The van der Waals surface area contributed by atoms with Crippen LogP contribution in [0, 0.1) is 4.64 Å². The molecule has 1 aromatic heterocycles. The van der Waals surface area contributed by atoms with Crippen LogP contribution in [0.1, 0.15) is 6.29 Å². The van der Waals surface area contributed by atoms with Crippen LogP contribution in [0.25, 0.3) is 10.9 Å². The van der Waals surface area contributed by atoms with Crippen LogP contribution in [-0.2, 0) is 0 Å². The molecule has 5 nitrogen and oxygen atoms in total. The topological polar surface area (TPSA) is 45.8 Å². The predicted octanol–water partition coefficient (Wildman–Crippen LogP) is 3.64. The normalized spacial score (nSPS) is 17.7. The van der Waals surface area contributed by atoms with Crippen LogP contribution >= 0.6 is 28.1 Å². The fourth-order valence-electron chi connectivity index (χ4n) is 1.99. The molecule has 3 rings (SSSR count). The summed E-state index contributed by atoms with van der Waals surface area (Å²) in [7, 11) is 3.91. The molecule has 2 heterocycles. The van der Waals surface area contributed by atoms with Crippen molar-refractivity contribution in [1.29, 1.82) is 0 Å². The third-order valence-corrected chi connectivity index (χ3v) is 3.61. The molecule has 1 aliphatic rings. The first-order valence-corrected chi connectivity index (χ1v) is 6.57. The zero-order valence-electron chi connectivity index (χ0n) is 9.83. The molecule has 7 heteroatoms. The van der Waals surface area contributed by atoms with Gasteiger partial charge in [-0.2, -0.15) is 4.98 Å². The fourth-order valence-corrected chi connectivity index (χ4v) is 2.60. The maximum atomic E-state index is 5.30. The molecule has 1 atom stereocenters. The van der Waals surface area contributed by atoms with Crippen molar-refractivity contribution in [2.45, 2.75) is 6.29 Å². The van der Waals surface area contributed by atoms with Gasteiger partial charge in [-0.25, -0.2) is 0 Å². The monoisotopic (exact) mass is 323 g/mol. The number of fused-ring (bicyclic) bond motifs is 3. The van der Waals surface area contributed by atoms with E-state index in [4.69, 9.17) is 12.2 Å². The summed E-state index contributed by atoms with van der Waals surface area (Å²) in [6.45, 7) is 0. The smallest absolute Gasteiger partial charge is 0.253 e. The Morgan fingerprint density at radius 3 is 2.89 bits per heavy atom. The lowest BCUT2D eigenvalue weighted by atomic mass is 10.2. The Morgan fingerprint density at radius 2 is 2.17 bits per heavy atom. The molecule has 0 bridgehead atoms. The lowest BCUT2D eigenvalue weighted by molar-refractivity contribution is 0.239. The number of aromatic nitrogens is 2. The summed E-state index contributed by atoms with van der Waals surface area (Å²) < 4.78 is 3.52. The van der Waals surface area contributed by atoms with Crippen molar-refractivity contribution < 1.29 is 0 Å². The summed E-state index contributed by atoms with van der Waals surface area (Å²) >= 11 is 8.75. The first-order chi connectivity index (χ1) is 8.58. The Kier molecular flexibility index (Phi) is 2.76. The molecule has 0 saturated heterocycles. The lowest BCUT2D eigenvalue weighted by Crippen LogP contribution is -2.22. The Morgan fingerprint density at radius 1 is 1.39 bits per heavy atom. The van der Waals surface area contributed by atoms with Crippen molar-refractivity contribution in [3.8, 4) is 0 Å². The van der Waals surface area contributed by atoms with Gasteiger partial charge in [-0.1, -0.05) is 28.1 Å². The minimum absolute atomic E-state index is 0.160. The summed E-state index contributed by atoms with van der Waals surface area (Å²) in [4.78, 5) is 6.30. The zero-order valence-corrected chi connectivity index (χ0v) is 12.2. The van der Waals surface area contributed by atoms with E-state index < -0.39 is 0 Å². The summed E-state index contributed by atoms with van der Waals surface area (Å²) in [5.74, 6) is 0.563. The highest BCUT2D eigenvalue weighted by molar-refractivity contribution is 9.10. The van der Waals surface area contributed by atoms with E-state index in [1.807, 2.05) is 41.8 Å². The minimum atomic E-state index is -0.160. The van der Waals surface area contributed by atoms with Crippen molar-refractivity contribution in [1.82, 2.24) is 14.5 Å². The zero-order chi connectivity index (χ0) is 12.9. The highest BCUT2D eigenvalue weighted by Crippen LogP contribution is 2.33. The standard InChI is InChI=1S/C11H10BrN5S/c1-16(2)11-15-14-10-13-9(18)7-5-6(12)3-4-8(7)17(10)11/h3-5,11H,1-2H3. The van der Waals surface area contributed by atoms with Gasteiger partial charge in [0.2, 0.25) is 6.29 Å². The molecule has 0 aliphatic carbocycles. The molecule has 0 spiro atoms. The molecule has 1 aromatic carbocycles. The van der Waals surface area contributed by atoms with Crippen LogP contribution < -0.4 is 0 Å². The van der Waals surface area contributed by atoms with Gasteiger partial charge in [0, 0.05) is 9.86 Å². The molecule has 18 heavy (non-hydrogen) atoms. The number of azo groups is 1. The molecular weight excluding hydrogens is 314 g/mol. The number of hydrogen-bond donors (Lipinski definition) is 0. The van der Waals surface area contributed by atoms with E-state index in [0.29, 0.717) is 10.6 Å². The van der Waals surface area contributed by atoms with Gasteiger partial charge >= 0.3 is 0 Å².